The summed E-state index contributed by atoms with van der Waals surface area (Å²) in [7, 11) is 2.96. The first-order chi connectivity index (χ1) is 28.4. The fourth-order valence-corrected chi connectivity index (χ4v) is 9.79. The number of ether oxygens (including phenoxy) is 3. The molecule has 0 aliphatic carbocycles. The van der Waals surface area contributed by atoms with E-state index in [-0.39, 0.29) is 58.3 Å². The lowest BCUT2D eigenvalue weighted by Gasteiger charge is -2.48. The fraction of sp³-hybridized carbons (Fsp3) is 0.326. The number of allylic oxidation sites excluding steroid dienone is 1. The Morgan fingerprint density at radius 3 is 2.58 bits per heavy atom. The predicted molar refractivity (Wildman–Crippen MR) is 225 cm³/mol. The molecule has 8 atom stereocenters. The number of nitrogens with two attached hydrogens (primary N) is 1. The van der Waals surface area contributed by atoms with Gasteiger partial charge in [0.1, 0.15) is 35.2 Å². The van der Waals surface area contributed by atoms with Crippen molar-refractivity contribution in [2.24, 2.45) is 17.6 Å². The van der Waals surface area contributed by atoms with E-state index in [0.29, 0.717) is 12.1 Å². The molecule has 2 saturated heterocycles. The number of aliphatic hydroxyl groups is 2. The highest BCUT2D eigenvalue weighted by atomic mass is 33.1. The number of carboxylic acids is 1. The molecule has 0 saturated carbocycles. The van der Waals surface area contributed by atoms with Gasteiger partial charge in [-0.3, -0.25) is 9.59 Å². The normalized spacial score (nSPS) is 26.0. The number of H-pyrrole nitrogens is 1. The first kappa shape index (κ1) is 42.1. The lowest BCUT2D eigenvalue weighted by atomic mass is 9.78. The van der Waals surface area contributed by atoms with Crippen molar-refractivity contribution >= 4 is 50.5 Å². The van der Waals surface area contributed by atoms with Crippen LogP contribution in [0, 0.1) is 11.8 Å². The van der Waals surface area contributed by atoms with Gasteiger partial charge in [-0.2, -0.15) is 0 Å². The van der Waals surface area contributed by atoms with Crippen LogP contribution in [-0.2, 0) is 14.3 Å². The number of aliphatic carboxylic acids is 1. The molecule has 2 aliphatic heterocycles. The number of aromatic amines is 1. The van der Waals surface area contributed by atoms with Crippen LogP contribution in [-0.4, -0.2) is 92.3 Å². The second-order valence-electron chi connectivity index (χ2n) is 14.7. The number of β-amino-alcohol motifs (C(OH)–C–C–N with tert-alkyl or cyclic N) is 1. The molecule has 7 rings (SSSR count). The molecule has 0 radical (unpaired) electrons. The van der Waals surface area contributed by atoms with E-state index in [9.17, 15) is 34.8 Å². The molecule has 59 heavy (non-hydrogen) atoms. The summed E-state index contributed by atoms with van der Waals surface area (Å²) in [4.78, 5) is 41.9. The van der Waals surface area contributed by atoms with Crippen LogP contribution >= 0.6 is 21.6 Å². The number of carboxylic acid groups (broad SMARTS) is 1. The standard InChI is InChI=1S/C43H45N3O11S2/c1-24(6-5-9-25-7-3-2-4-8-25)31-20-46-22-43(53)39(54-23-59-58-21-32(31)27-16-17-45-19-27)36(49)38(41(51)52)57-42(43)55-29-14-15-30-33(18-29)56-37(40(44)50)34(35(30)48)26-10-12-28(47)13-11-26/h2-5,7-19,24,31-32,36,38-39,42,45-47,49,53H,6,20-23H2,1H3,(H2,44,50)(H,51,52)/b9-5+/t24-,31-,32-,36-,38+,39+,42-,43-/m1/s1. The number of phenols is 1. The number of fused-ring (bicyclic) bond motifs is 2. The first-order valence-corrected chi connectivity index (χ1v) is 21.5. The van der Waals surface area contributed by atoms with Crippen LogP contribution in [0.5, 0.6) is 11.5 Å². The van der Waals surface area contributed by atoms with Gasteiger partial charge in [0.25, 0.3) is 5.91 Å². The molecule has 310 valence electrons. The van der Waals surface area contributed by atoms with Crippen LogP contribution < -0.4 is 21.2 Å². The minimum atomic E-state index is -2.17. The number of aliphatic hydroxyl groups excluding tert-OH is 1. The van der Waals surface area contributed by atoms with Crippen molar-refractivity contribution < 1.29 is 48.6 Å². The first-order valence-electron chi connectivity index (χ1n) is 19.0. The minimum Gasteiger partial charge on any atom is -0.508 e. The molecule has 16 heteroatoms. The van der Waals surface area contributed by atoms with Gasteiger partial charge in [0, 0.05) is 30.8 Å². The molecular formula is C43H45N3O11S2. The fourth-order valence-electron chi connectivity index (χ4n) is 7.74. The van der Waals surface area contributed by atoms with Gasteiger partial charge in [0.15, 0.2) is 11.7 Å². The Morgan fingerprint density at radius 1 is 1.08 bits per heavy atom. The van der Waals surface area contributed by atoms with Gasteiger partial charge in [-0.25, -0.2) is 4.79 Å². The van der Waals surface area contributed by atoms with Gasteiger partial charge >= 0.3 is 5.97 Å². The van der Waals surface area contributed by atoms with E-state index in [1.807, 2.05) is 42.7 Å². The maximum absolute atomic E-state index is 13.8. The average molecular weight is 844 g/mol. The maximum Gasteiger partial charge on any atom is 0.335 e. The van der Waals surface area contributed by atoms with Crippen LogP contribution in [0.25, 0.3) is 28.2 Å². The maximum atomic E-state index is 13.8. The van der Waals surface area contributed by atoms with E-state index < -0.39 is 53.3 Å². The Bertz CT molecular complexity index is 2320. The third kappa shape index (κ3) is 9.23. The Kier molecular flexibility index (Phi) is 13.2. The van der Waals surface area contributed by atoms with Gasteiger partial charge < -0.3 is 55.1 Å². The highest BCUT2D eigenvalue weighted by Gasteiger charge is 2.59. The lowest BCUT2D eigenvalue weighted by molar-refractivity contribution is -0.316. The number of carbonyl (C=O) groups is 2. The van der Waals surface area contributed by atoms with Crippen LogP contribution in [0.15, 0.2) is 107 Å². The van der Waals surface area contributed by atoms with E-state index in [2.05, 4.69) is 35.4 Å². The number of primary amides is 1. The van der Waals surface area contributed by atoms with Crippen LogP contribution in [0.3, 0.4) is 0 Å². The number of aromatic hydroxyl groups is 1. The molecule has 8 N–H and O–H groups in total. The monoisotopic (exact) mass is 843 g/mol. The summed E-state index contributed by atoms with van der Waals surface area (Å²) in [6.07, 6.45) is 2.08. The zero-order chi connectivity index (χ0) is 41.7. The number of benzene rings is 3. The molecule has 4 heterocycles. The average Bonchev–Trinajstić information content (AvgIpc) is 3.75. The van der Waals surface area contributed by atoms with Crippen molar-refractivity contribution in [2.45, 2.75) is 49.5 Å². The summed E-state index contributed by atoms with van der Waals surface area (Å²) in [5.41, 5.74) is 5.24. The summed E-state index contributed by atoms with van der Waals surface area (Å²) in [5, 5.41) is 47.3. The van der Waals surface area contributed by atoms with E-state index in [1.165, 1.54) is 53.3 Å². The van der Waals surface area contributed by atoms with Gasteiger partial charge in [0.05, 0.1) is 10.9 Å². The third-order valence-electron chi connectivity index (χ3n) is 10.9. The number of rotatable bonds is 10. The van der Waals surface area contributed by atoms with Crippen LogP contribution in [0.1, 0.15) is 40.9 Å². The van der Waals surface area contributed by atoms with E-state index in [4.69, 9.17) is 24.4 Å². The number of carbonyl (C=O) groups excluding carboxylic acids is 1. The summed E-state index contributed by atoms with van der Waals surface area (Å²) in [6, 6.07) is 21.8. The molecule has 14 nitrogen and oxygen atoms in total. The zero-order valence-corrected chi connectivity index (χ0v) is 33.6. The molecule has 2 aromatic heterocycles. The summed E-state index contributed by atoms with van der Waals surface area (Å²) in [5.74, 6) is -1.97. The van der Waals surface area contributed by atoms with E-state index >= 15 is 0 Å². The lowest BCUT2D eigenvalue weighted by Crippen LogP contribution is -2.72. The second kappa shape index (κ2) is 18.5. The SMILES string of the molecule is C[C@H](C/C=C/c1ccccc1)[C@H]1CNC[C@]2(O)[C@H](Oc3ccc4c(=O)c(-c5ccc(O)cc5)c(C(N)=O)oc4c3)O[C@H](C(=O)O)[C@@H](O)[C@@H]2OCSSC[C@@H]1c1cc[nH]c1. The highest BCUT2D eigenvalue weighted by Crippen LogP contribution is 2.41. The molecule has 2 fully saturated rings. The Labute approximate surface area is 347 Å². The Balaban J connectivity index is 1.20. The Morgan fingerprint density at radius 2 is 1.86 bits per heavy atom. The number of hydrogen-bond acceptors (Lipinski definition) is 13. The van der Waals surface area contributed by atoms with Crippen molar-refractivity contribution in [3.8, 4) is 22.6 Å². The number of phenolic OH excluding ortho intramolecular Hbond substituents is 1. The van der Waals surface area contributed by atoms with Crippen molar-refractivity contribution in [3.05, 3.63) is 124 Å². The topological polar surface area (TPSA) is 227 Å². The van der Waals surface area contributed by atoms with Crippen molar-refractivity contribution in [3.63, 3.8) is 0 Å². The predicted octanol–water partition coefficient (Wildman–Crippen LogP) is 5.34. The number of aromatic nitrogens is 1. The number of amides is 1. The van der Waals surface area contributed by atoms with Gasteiger partial charge in [0.2, 0.25) is 17.5 Å². The molecule has 0 unspecified atom stereocenters. The molecular weight excluding hydrogens is 799 g/mol. The summed E-state index contributed by atoms with van der Waals surface area (Å²) in [6.45, 7) is 2.37. The second-order valence-corrected chi connectivity index (χ2v) is 17.2. The molecule has 0 spiro atoms. The van der Waals surface area contributed by atoms with Crippen molar-refractivity contribution in [2.75, 3.05) is 24.8 Å². The zero-order valence-electron chi connectivity index (χ0n) is 31.9. The Hall–Kier alpha value is -5.07. The molecule has 2 aliphatic rings. The van der Waals surface area contributed by atoms with Crippen molar-refractivity contribution in [1.29, 1.82) is 0 Å². The highest BCUT2D eigenvalue weighted by molar-refractivity contribution is 8.76. The number of hydrogen-bond donors (Lipinski definition) is 7. The number of nitrogens with one attached hydrogen (secondary N) is 2. The molecule has 0 bridgehead atoms. The van der Waals surface area contributed by atoms with Crippen LogP contribution in [0.4, 0.5) is 0 Å². The van der Waals surface area contributed by atoms with Gasteiger partial charge in [-0.1, -0.05) is 83.1 Å². The third-order valence-corrected chi connectivity index (χ3v) is 12.9. The molecule has 1 amide bonds. The summed E-state index contributed by atoms with van der Waals surface area (Å²) >= 11 is 0. The summed E-state index contributed by atoms with van der Waals surface area (Å²) < 4.78 is 24.0. The van der Waals surface area contributed by atoms with E-state index in [0.717, 1.165) is 23.3 Å². The van der Waals surface area contributed by atoms with Crippen LogP contribution in [0.2, 0.25) is 0 Å². The van der Waals surface area contributed by atoms with Crippen molar-refractivity contribution in [1.82, 2.24) is 10.3 Å². The quantitative estimate of drug-likeness (QED) is 0.0882. The smallest absolute Gasteiger partial charge is 0.335 e. The largest absolute Gasteiger partial charge is 0.508 e. The van der Waals surface area contributed by atoms with Gasteiger partial charge in [-0.15, -0.1) is 0 Å². The minimum absolute atomic E-state index is 0.00591. The van der Waals surface area contributed by atoms with E-state index in [1.54, 1.807) is 10.8 Å². The molecule has 5 aromatic rings. The molecule has 3 aromatic carbocycles. The van der Waals surface area contributed by atoms with Gasteiger partial charge in [-0.05, 0) is 77.7 Å².